The molecule has 5 heteroatoms. The average molecular weight is 210 g/mol. The summed E-state index contributed by atoms with van der Waals surface area (Å²) >= 11 is 0. The second-order valence-corrected chi connectivity index (χ2v) is 3.87. The fourth-order valence-corrected chi connectivity index (χ4v) is 1.32. The van der Waals surface area contributed by atoms with Crippen LogP contribution < -0.4 is 11.1 Å². The van der Waals surface area contributed by atoms with E-state index in [9.17, 15) is 4.79 Å². The van der Waals surface area contributed by atoms with Crippen LogP contribution in [0.4, 0.5) is 0 Å². The molecule has 1 aromatic rings. The van der Waals surface area contributed by atoms with E-state index in [0.717, 1.165) is 12.4 Å². The van der Waals surface area contributed by atoms with E-state index in [-0.39, 0.29) is 12.5 Å². The van der Waals surface area contributed by atoms with Gasteiger partial charge in [0.25, 0.3) is 0 Å². The van der Waals surface area contributed by atoms with Gasteiger partial charge in [-0.2, -0.15) is 0 Å². The second kappa shape index (κ2) is 5.50. The van der Waals surface area contributed by atoms with Gasteiger partial charge in [0, 0.05) is 18.9 Å². The molecule has 0 aliphatic rings. The van der Waals surface area contributed by atoms with Crippen LogP contribution in [0.25, 0.3) is 0 Å². The minimum absolute atomic E-state index is 0.0187. The zero-order valence-electron chi connectivity index (χ0n) is 9.23. The maximum atomic E-state index is 11.0. The monoisotopic (exact) mass is 210 g/mol. The molecule has 0 aromatic carbocycles. The largest absolute Gasteiger partial charge is 0.348 e. The van der Waals surface area contributed by atoms with Gasteiger partial charge in [0.15, 0.2) is 0 Å². The lowest BCUT2D eigenvalue weighted by atomic mass is 10.2. The molecule has 84 valence electrons. The van der Waals surface area contributed by atoms with Gasteiger partial charge in [0.05, 0.1) is 13.1 Å². The second-order valence-electron chi connectivity index (χ2n) is 3.87. The average Bonchev–Trinajstić information content (AvgIpc) is 2.61. The summed E-state index contributed by atoms with van der Waals surface area (Å²) in [7, 11) is 0. The molecule has 0 aliphatic heterocycles. The fourth-order valence-electron chi connectivity index (χ4n) is 1.32. The predicted octanol–water partition coefficient (Wildman–Crippen LogP) is 0.114. The Labute approximate surface area is 89.7 Å². The zero-order valence-corrected chi connectivity index (χ0v) is 9.23. The number of imidazole rings is 1. The number of rotatable bonds is 5. The molecule has 0 saturated carbocycles. The summed E-state index contributed by atoms with van der Waals surface area (Å²) < 4.78 is 2.04. The summed E-state index contributed by atoms with van der Waals surface area (Å²) in [6, 6.07) is 0. The molecular formula is C10H18N4O. The Morgan fingerprint density at radius 3 is 3.00 bits per heavy atom. The molecule has 0 atom stereocenters. The zero-order chi connectivity index (χ0) is 11.3. The third-order valence-electron chi connectivity index (χ3n) is 1.99. The van der Waals surface area contributed by atoms with E-state index < -0.39 is 0 Å². The van der Waals surface area contributed by atoms with Crippen molar-refractivity contribution in [3.8, 4) is 0 Å². The van der Waals surface area contributed by atoms with Crippen LogP contribution in [0.3, 0.4) is 0 Å². The molecular weight excluding hydrogens is 192 g/mol. The van der Waals surface area contributed by atoms with Gasteiger partial charge in [-0.15, -0.1) is 0 Å². The van der Waals surface area contributed by atoms with Crippen LogP contribution in [0.15, 0.2) is 12.4 Å². The summed E-state index contributed by atoms with van der Waals surface area (Å²) in [5.74, 6) is 1.27. The number of nitrogens with two attached hydrogens (primary N) is 1. The molecule has 0 saturated heterocycles. The van der Waals surface area contributed by atoms with Gasteiger partial charge < -0.3 is 15.6 Å². The van der Waals surface area contributed by atoms with Crippen LogP contribution >= 0.6 is 0 Å². The highest BCUT2D eigenvalue weighted by molar-refractivity contribution is 5.77. The van der Waals surface area contributed by atoms with Crippen molar-refractivity contribution in [1.29, 1.82) is 0 Å². The van der Waals surface area contributed by atoms with Gasteiger partial charge in [-0.25, -0.2) is 4.98 Å². The van der Waals surface area contributed by atoms with Crippen molar-refractivity contribution >= 4 is 5.91 Å². The third-order valence-corrected chi connectivity index (χ3v) is 1.99. The number of amides is 1. The molecule has 15 heavy (non-hydrogen) atoms. The Bertz CT molecular complexity index is 319. The van der Waals surface area contributed by atoms with E-state index in [2.05, 4.69) is 24.1 Å². The van der Waals surface area contributed by atoms with Gasteiger partial charge >= 0.3 is 0 Å². The molecule has 0 bridgehead atoms. The SMILES string of the molecule is CC(C)Cn1ccnc1CNC(=O)CN. The first-order chi connectivity index (χ1) is 7.13. The lowest BCUT2D eigenvalue weighted by Crippen LogP contribution is -2.30. The number of carbonyl (C=O) groups is 1. The van der Waals surface area contributed by atoms with E-state index in [1.807, 2.05) is 10.8 Å². The molecule has 1 aromatic heterocycles. The van der Waals surface area contributed by atoms with E-state index >= 15 is 0 Å². The third kappa shape index (κ3) is 3.71. The standard InChI is InChI=1S/C10H18N4O/c1-8(2)7-14-4-3-12-9(14)6-13-10(15)5-11/h3-4,8H,5-7,11H2,1-2H3,(H,13,15). The molecule has 5 nitrogen and oxygen atoms in total. The summed E-state index contributed by atoms with van der Waals surface area (Å²) in [6.45, 7) is 5.65. The predicted molar refractivity (Wildman–Crippen MR) is 58.0 cm³/mol. The van der Waals surface area contributed by atoms with Crippen LogP contribution in [0.1, 0.15) is 19.7 Å². The van der Waals surface area contributed by atoms with Crippen molar-refractivity contribution in [1.82, 2.24) is 14.9 Å². The number of hydrogen-bond acceptors (Lipinski definition) is 3. The van der Waals surface area contributed by atoms with Crippen molar-refractivity contribution in [2.24, 2.45) is 11.7 Å². The topological polar surface area (TPSA) is 72.9 Å². The molecule has 1 amide bonds. The Kier molecular flexibility index (Phi) is 4.30. The number of aromatic nitrogens is 2. The summed E-state index contributed by atoms with van der Waals surface area (Å²) in [6.07, 6.45) is 3.66. The van der Waals surface area contributed by atoms with Gasteiger partial charge in [-0.05, 0) is 5.92 Å². The van der Waals surface area contributed by atoms with Crippen LogP contribution in [0.2, 0.25) is 0 Å². The first-order valence-corrected chi connectivity index (χ1v) is 5.10. The maximum Gasteiger partial charge on any atom is 0.234 e. The Balaban J connectivity index is 2.53. The normalized spacial score (nSPS) is 10.7. The molecule has 0 fully saturated rings. The summed E-state index contributed by atoms with van der Waals surface area (Å²) in [5, 5.41) is 2.70. The minimum Gasteiger partial charge on any atom is -0.348 e. The summed E-state index contributed by atoms with van der Waals surface area (Å²) in [5.41, 5.74) is 5.19. The van der Waals surface area contributed by atoms with Gasteiger partial charge in [0.1, 0.15) is 5.82 Å². The highest BCUT2D eigenvalue weighted by atomic mass is 16.1. The van der Waals surface area contributed by atoms with Gasteiger partial charge in [0.2, 0.25) is 5.91 Å². The maximum absolute atomic E-state index is 11.0. The first-order valence-electron chi connectivity index (χ1n) is 5.10. The van der Waals surface area contributed by atoms with Crippen molar-refractivity contribution in [3.05, 3.63) is 18.2 Å². The van der Waals surface area contributed by atoms with Crippen LogP contribution in [0, 0.1) is 5.92 Å². The van der Waals surface area contributed by atoms with E-state index in [4.69, 9.17) is 5.73 Å². The number of carbonyl (C=O) groups excluding carboxylic acids is 1. The van der Waals surface area contributed by atoms with E-state index in [0.29, 0.717) is 12.5 Å². The Hall–Kier alpha value is -1.36. The van der Waals surface area contributed by atoms with Crippen molar-refractivity contribution < 1.29 is 4.79 Å². The molecule has 0 unspecified atom stereocenters. The van der Waals surface area contributed by atoms with Gasteiger partial charge in [-0.1, -0.05) is 13.8 Å². The molecule has 0 radical (unpaired) electrons. The molecule has 0 aliphatic carbocycles. The van der Waals surface area contributed by atoms with Crippen LogP contribution in [-0.4, -0.2) is 22.0 Å². The minimum atomic E-state index is -0.158. The van der Waals surface area contributed by atoms with Crippen LogP contribution in [-0.2, 0) is 17.9 Å². The van der Waals surface area contributed by atoms with Gasteiger partial charge in [-0.3, -0.25) is 4.79 Å². The number of nitrogens with zero attached hydrogens (tertiary/aromatic N) is 2. The lowest BCUT2D eigenvalue weighted by Gasteiger charge is -2.10. The van der Waals surface area contributed by atoms with Crippen LogP contribution in [0.5, 0.6) is 0 Å². The first kappa shape index (κ1) is 11.7. The lowest BCUT2D eigenvalue weighted by molar-refractivity contribution is -0.119. The highest BCUT2D eigenvalue weighted by Crippen LogP contribution is 2.03. The van der Waals surface area contributed by atoms with E-state index in [1.165, 1.54) is 0 Å². The van der Waals surface area contributed by atoms with Crippen molar-refractivity contribution in [2.75, 3.05) is 6.54 Å². The quantitative estimate of drug-likeness (QED) is 0.724. The molecule has 0 spiro atoms. The molecule has 1 rings (SSSR count). The number of hydrogen-bond donors (Lipinski definition) is 2. The Morgan fingerprint density at radius 1 is 1.67 bits per heavy atom. The smallest absolute Gasteiger partial charge is 0.234 e. The molecule has 3 N–H and O–H groups in total. The highest BCUT2D eigenvalue weighted by Gasteiger charge is 2.05. The van der Waals surface area contributed by atoms with E-state index in [1.54, 1.807) is 6.20 Å². The summed E-state index contributed by atoms with van der Waals surface area (Å²) in [4.78, 5) is 15.2. The van der Waals surface area contributed by atoms with Crippen molar-refractivity contribution in [3.63, 3.8) is 0 Å². The molecule has 1 heterocycles. The Morgan fingerprint density at radius 2 is 2.40 bits per heavy atom. The number of nitrogens with one attached hydrogen (secondary N) is 1. The fraction of sp³-hybridized carbons (Fsp3) is 0.600. The van der Waals surface area contributed by atoms with Crippen molar-refractivity contribution in [2.45, 2.75) is 26.9 Å².